The third kappa shape index (κ3) is 6.08. The molecule has 4 aliphatic heterocycles. The molecule has 7 unspecified atom stereocenters. The summed E-state index contributed by atoms with van der Waals surface area (Å²) in [5.74, 6) is 0.304. The summed E-state index contributed by atoms with van der Waals surface area (Å²) >= 11 is 9.04. The number of benzene rings is 1. The number of hydrogen-bond donors (Lipinski definition) is 2. The molecule has 10 heteroatoms. The third-order valence-corrected chi connectivity index (χ3v) is 12.0. The number of likely N-dealkylation sites (N-methyl/N-ethyl adjacent to an activating group) is 1. The average Bonchev–Trinajstić information content (AvgIpc) is 3.39. The number of piperazine rings is 1. The molecule has 0 aromatic heterocycles. The van der Waals surface area contributed by atoms with Gasteiger partial charge in [0.15, 0.2) is 6.35 Å². The number of thioether (sulfide) groups is 1. The normalized spacial score (nSPS) is 37.8. The van der Waals surface area contributed by atoms with Crippen molar-refractivity contribution in [2.24, 2.45) is 5.92 Å². The molecule has 0 radical (unpaired) electrons. The molecular weight excluding hydrogens is 556 g/mol. The number of alkyl halides is 1. The zero-order valence-corrected chi connectivity index (χ0v) is 25.6. The Morgan fingerprint density at radius 2 is 2.10 bits per heavy atom. The van der Waals surface area contributed by atoms with Crippen LogP contribution in [0.5, 0.6) is 0 Å². The molecule has 4 heterocycles. The van der Waals surface area contributed by atoms with Crippen molar-refractivity contribution in [3.8, 4) is 6.07 Å². The Kier molecular flexibility index (Phi) is 9.00. The first-order chi connectivity index (χ1) is 19.9. The molecule has 8 nitrogen and oxygen atoms in total. The van der Waals surface area contributed by atoms with Gasteiger partial charge in [0.05, 0.1) is 36.7 Å². The van der Waals surface area contributed by atoms with E-state index < -0.39 is 0 Å². The largest absolute Gasteiger partial charge is 0.348 e. The quantitative estimate of drug-likeness (QED) is 0.377. The standard InChI is InChI=1S/C31H43ClN6O2S/c1-3-28(39)38-16-15-37(19-21(38)11-13-33)29-24-10-12-31(17-25(32)23-8-4-5-9-27(23)41-31)18-26(24)34-30(35-29)40-20-22-7-6-14-36(22)2/h3-5,8-9,21-22,24-26,29-30,34-35H,1,6-7,10-12,14-20H2,2H3/t21?,22?,24?,25?,26?,29?,30?,31-/m0/s1. The fraction of sp³-hybridized carbons (Fsp3) is 0.677. The highest BCUT2D eigenvalue weighted by Gasteiger charge is 2.51. The Hall–Kier alpha value is -1.64. The van der Waals surface area contributed by atoms with Crippen molar-refractivity contribution in [3.05, 3.63) is 42.5 Å². The van der Waals surface area contributed by atoms with Gasteiger partial charge in [0.1, 0.15) is 0 Å². The number of nitrogens with one attached hydrogen (secondary N) is 2. The molecule has 5 aliphatic rings. The summed E-state index contributed by atoms with van der Waals surface area (Å²) in [4.78, 5) is 20.6. The number of likely N-dealkylation sites (tertiary alicyclic amines) is 1. The van der Waals surface area contributed by atoms with Crippen LogP contribution in [0.4, 0.5) is 0 Å². The van der Waals surface area contributed by atoms with Gasteiger partial charge in [0.25, 0.3) is 0 Å². The SMILES string of the molecule is C=CC(=O)N1CCN(C2NC(OCC3CCCN3C)NC3C[C@]4(CCC32)CC(Cl)c2ccccc2S4)CC1CC#N. The molecule has 2 N–H and O–H groups in total. The summed E-state index contributed by atoms with van der Waals surface area (Å²) in [6.07, 6.45) is 8.16. The zero-order valence-electron chi connectivity index (χ0n) is 24.0. The molecule has 1 aromatic carbocycles. The maximum Gasteiger partial charge on any atom is 0.246 e. The summed E-state index contributed by atoms with van der Waals surface area (Å²) < 4.78 is 6.66. The van der Waals surface area contributed by atoms with Crippen LogP contribution in [0.2, 0.25) is 0 Å². The number of carbonyl (C=O) groups excluding carboxylic acids is 1. The molecule has 8 atom stereocenters. The minimum Gasteiger partial charge on any atom is -0.348 e. The molecule has 222 valence electrons. The van der Waals surface area contributed by atoms with Crippen LogP contribution in [0.25, 0.3) is 0 Å². The van der Waals surface area contributed by atoms with E-state index in [1.165, 1.54) is 29.4 Å². The second-order valence-electron chi connectivity index (χ2n) is 12.5. The monoisotopic (exact) mass is 598 g/mol. The molecule has 0 bridgehead atoms. The van der Waals surface area contributed by atoms with Gasteiger partial charge in [-0.2, -0.15) is 5.26 Å². The molecule has 1 amide bonds. The topological polar surface area (TPSA) is 83.9 Å². The zero-order chi connectivity index (χ0) is 28.6. The molecule has 1 aromatic rings. The van der Waals surface area contributed by atoms with Gasteiger partial charge in [-0.1, -0.05) is 24.8 Å². The van der Waals surface area contributed by atoms with Crippen LogP contribution in [-0.2, 0) is 9.53 Å². The number of ether oxygens (including phenoxy) is 1. The molecule has 41 heavy (non-hydrogen) atoms. The van der Waals surface area contributed by atoms with Gasteiger partial charge in [-0.25, -0.2) is 0 Å². The lowest BCUT2D eigenvalue weighted by Crippen LogP contribution is -2.72. The number of carbonyl (C=O) groups is 1. The van der Waals surface area contributed by atoms with Crippen LogP contribution < -0.4 is 10.6 Å². The molecule has 6 rings (SSSR count). The summed E-state index contributed by atoms with van der Waals surface area (Å²) in [5.41, 5.74) is 1.26. The Bertz CT molecular complexity index is 1170. The van der Waals surface area contributed by atoms with E-state index in [-0.39, 0.29) is 40.6 Å². The van der Waals surface area contributed by atoms with Crippen molar-refractivity contribution in [1.82, 2.24) is 25.3 Å². The van der Waals surface area contributed by atoms with E-state index in [2.05, 4.69) is 64.4 Å². The first-order valence-electron chi connectivity index (χ1n) is 15.2. The van der Waals surface area contributed by atoms with E-state index in [0.717, 1.165) is 38.8 Å². The maximum absolute atomic E-state index is 12.6. The predicted octanol–water partition coefficient (Wildman–Crippen LogP) is 3.90. The van der Waals surface area contributed by atoms with E-state index in [1.54, 1.807) is 0 Å². The van der Waals surface area contributed by atoms with E-state index in [1.807, 2.05) is 16.7 Å². The first-order valence-corrected chi connectivity index (χ1v) is 16.4. The van der Waals surface area contributed by atoms with Crippen LogP contribution >= 0.6 is 23.4 Å². The number of amides is 1. The van der Waals surface area contributed by atoms with E-state index in [0.29, 0.717) is 38.1 Å². The average molecular weight is 599 g/mol. The summed E-state index contributed by atoms with van der Waals surface area (Å²) in [7, 11) is 2.19. The molecule has 3 saturated heterocycles. The molecular formula is C31H43ClN6O2S. The highest BCUT2D eigenvalue weighted by Crippen LogP contribution is 2.57. The summed E-state index contributed by atoms with van der Waals surface area (Å²) in [6, 6.07) is 11.5. The van der Waals surface area contributed by atoms with Gasteiger partial charge in [-0.15, -0.1) is 23.4 Å². The summed E-state index contributed by atoms with van der Waals surface area (Å²) in [5, 5.41) is 17.3. The molecule has 4 fully saturated rings. The van der Waals surface area contributed by atoms with Crippen molar-refractivity contribution in [2.75, 3.05) is 39.8 Å². The van der Waals surface area contributed by atoms with E-state index in [9.17, 15) is 10.1 Å². The Morgan fingerprint density at radius 1 is 1.24 bits per heavy atom. The smallest absolute Gasteiger partial charge is 0.246 e. The number of nitrogens with zero attached hydrogens (tertiary/aromatic N) is 4. The lowest BCUT2D eigenvalue weighted by molar-refractivity contribution is -0.135. The van der Waals surface area contributed by atoms with E-state index >= 15 is 0 Å². The van der Waals surface area contributed by atoms with Crippen LogP contribution in [0, 0.1) is 17.2 Å². The van der Waals surface area contributed by atoms with Crippen molar-refractivity contribution in [3.63, 3.8) is 0 Å². The van der Waals surface area contributed by atoms with Crippen LogP contribution in [-0.4, -0.2) is 95.8 Å². The lowest BCUT2D eigenvalue weighted by Gasteiger charge is -2.56. The van der Waals surface area contributed by atoms with Crippen LogP contribution in [0.15, 0.2) is 41.8 Å². The van der Waals surface area contributed by atoms with Crippen molar-refractivity contribution < 1.29 is 9.53 Å². The predicted molar refractivity (Wildman–Crippen MR) is 162 cm³/mol. The highest BCUT2D eigenvalue weighted by molar-refractivity contribution is 8.00. The minimum absolute atomic E-state index is 0.0358. The molecule has 1 spiro atoms. The van der Waals surface area contributed by atoms with Gasteiger partial charge in [-0.3, -0.25) is 20.3 Å². The van der Waals surface area contributed by atoms with Crippen molar-refractivity contribution in [1.29, 1.82) is 5.26 Å². The van der Waals surface area contributed by atoms with Gasteiger partial charge >= 0.3 is 0 Å². The van der Waals surface area contributed by atoms with Crippen LogP contribution in [0.3, 0.4) is 0 Å². The first kappa shape index (κ1) is 29.4. The van der Waals surface area contributed by atoms with Gasteiger partial charge in [0.2, 0.25) is 5.91 Å². The number of nitriles is 1. The van der Waals surface area contributed by atoms with Gasteiger partial charge in [-0.05, 0) is 69.8 Å². The fourth-order valence-electron chi connectivity index (χ4n) is 7.88. The van der Waals surface area contributed by atoms with E-state index in [4.69, 9.17) is 16.3 Å². The van der Waals surface area contributed by atoms with Crippen LogP contribution in [0.1, 0.15) is 55.9 Å². The number of hydrogen-bond acceptors (Lipinski definition) is 8. The second kappa shape index (κ2) is 12.5. The maximum atomic E-state index is 12.6. The summed E-state index contributed by atoms with van der Waals surface area (Å²) in [6.45, 7) is 7.54. The minimum atomic E-state index is -0.250. The number of rotatable bonds is 6. The van der Waals surface area contributed by atoms with Gasteiger partial charge < -0.3 is 14.5 Å². The Morgan fingerprint density at radius 3 is 2.88 bits per heavy atom. The highest BCUT2D eigenvalue weighted by atomic mass is 35.5. The van der Waals surface area contributed by atoms with Gasteiger partial charge in [0, 0.05) is 47.3 Å². The lowest BCUT2D eigenvalue weighted by atomic mass is 9.72. The Labute approximate surface area is 253 Å². The van der Waals surface area contributed by atoms with Crippen molar-refractivity contribution in [2.45, 2.75) is 90.6 Å². The third-order valence-electron chi connectivity index (χ3n) is 10.1. The fourth-order valence-corrected chi connectivity index (χ4v) is 10.2. The molecule has 1 saturated carbocycles. The Balaban J connectivity index is 1.22. The molecule has 1 aliphatic carbocycles. The van der Waals surface area contributed by atoms with Crippen molar-refractivity contribution >= 4 is 29.3 Å². The second-order valence-corrected chi connectivity index (χ2v) is 14.6. The number of halogens is 1. The number of fused-ring (bicyclic) bond motifs is 2.